The van der Waals surface area contributed by atoms with Crippen LogP contribution in [0.4, 0.5) is 13.2 Å². The van der Waals surface area contributed by atoms with Crippen LogP contribution in [0.15, 0.2) is 22.6 Å². The first kappa shape index (κ1) is 18.0. The zero-order valence-electron chi connectivity index (χ0n) is 12.2. The van der Waals surface area contributed by atoms with Gasteiger partial charge in [-0.05, 0) is 24.1 Å². The maximum Gasteiger partial charge on any atom is 0.429 e. The number of carbonyl (C=O) groups is 1. The van der Waals surface area contributed by atoms with Crippen LogP contribution in [0.5, 0.6) is 5.75 Å². The third-order valence-electron chi connectivity index (χ3n) is 3.01. The summed E-state index contributed by atoms with van der Waals surface area (Å²) in [7, 11) is 0. The van der Waals surface area contributed by atoms with E-state index in [0.29, 0.717) is 15.8 Å². The van der Waals surface area contributed by atoms with Crippen molar-refractivity contribution in [2.24, 2.45) is 5.92 Å². The van der Waals surface area contributed by atoms with Crippen molar-refractivity contribution in [1.29, 1.82) is 0 Å². The number of fused-ring (bicyclic) bond motifs is 1. The standard InChI is InChI=1S/C15H14ClF3O3S/c1-7(2)6-23-12-5-11-8(4-10(12)16)3-9(14(20)21)13(22-11)15(17,18)19/h3-5,7,13H,6H2,1-2H3,(H,20,21)/p-1. The van der Waals surface area contributed by atoms with Crippen molar-refractivity contribution in [3.05, 3.63) is 28.3 Å². The Labute approximate surface area is 140 Å². The maximum atomic E-state index is 13.0. The van der Waals surface area contributed by atoms with Crippen molar-refractivity contribution in [2.45, 2.75) is 31.0 Å². The van der Waals surface area contributed by atoms with E-state index < -0.39 is 23.8 Å². The lowest BCUT2D eigenvalue weighted by atomic mass is 10.0. The molecule has 0 saturated carbocycles. The van der Waals surface area contributed by atoms with Gasteiger partial charge in [0.15, 0.2) is 0 Å². The van der Waals surface area contributed by atoms with E-state index in [2.05, 4.69) is 0 Å². The minimum Gasteiger partial charge on any atom is -0.545 e. The molecule has 1 aliphatic heterocycles. The molecular formula is C15H13ClF3O3S-. The molecule has 3 nitrogen and oxygen atoms in total. The van der Waals surface area contributed by atoms with Gasteiger partial charge >= 0.3 is 6.18 Å². The average molecular weight is 366 g/mol. The Kier molecular flexibility index (Phi) is 5.20. The number of thioether (sulfide) groups is 1. The Balaban J connectivity index is 2.43. The summed E-state index contributed by atoms with van der Waals surface area (Å²) in [5.41, 5.74) is -0.785. The first-order valence-electron chi connectivity index (χ1n) is 6.72. The number of carboxylic acid groups (broad SMARTS) is 1. The van der Waals surface area contributed by atoms with E-state index in [1.165, 1.54) is 23.9 Å². The molecule has 0 saturated heterocycles. The zero-order valence-corrected chi connectivity index (χ0v) is 13.8. The molecule has 1 aliphatic rings. The third kappa shape index (κ3) is 4.14. The van der Waals surface area contributed by atoms with Gasteiger partial charge in [0.05, 0.1) is 11.0 Å². The second-order valence-corrected chi connectivity index (χ2v) is 6.92. The molecule has 0 aromatic heterocycles. The number of benzene rings is 1. The average Bonchev–Trinajstić information content (AvgIpc) is 2.42. The first-order chi connectivity index (χ1) is 10.6. The van der Waals surface area contributed by atoms with Crippen LogP contribution in [0.1, 0.15) is 19.4 Å². The van der Waals surface area contributed by atoms with Crippen LogP contribution < -0.4 is 9.84 Å². The molecular weight excluding hydrogens is 353 g/mol. The fraction of sp³-hybridized carbons (Fsp3) is 0.400. The number of rotatable bonds is 4. The van der Waals surface area contributed by atoms with Crippen molar-refractivity contribution < 1.29 is 27.8 Å². The second-order valence-electron chi connectivity index (χ2n) is 5.45. The smallest absolute Gasteiger partial charge is 0.429 e. The summed E-state index contributed by atoms with van der Waals surface area (Å²) in [6, 6.07) is 2.81. The molecule has 1 aromatic rings. The van der Waals surface area contributed by atoms with Gasteiger partial charge in [0, 0.05) is 21.8 Å². The van der Waals surface area contributed by atoms with Crippen LogP contribution in [0, 0.1) is 5.92 Å². The third-order valence-corrected chi connectivity index (χ3v) is 4.91. The number of halogens is 4. The fourth-order valence-electron chi connectivity index (χ4n) is 1.97. The number of carbonyl (C=O) groups excluding carboxylic acids is 1. The molecule has 0 spiro atoms. The van der Waals surface area contributed by atoms with Crippen LogP contribution in [-0.2, 0) is 4.79 Å². The molecule has 126 valence electrons. The lowest BCUT2D eigenvalue weighted by molar-refractivity contribution is -0.302. The highest BCUT2D eigenvalue weighted by Crippen LogP contribution is 2.41. The molecule has 1 atom stereocenters. The van der Waals surface area contributed by atoms with Crippen LogP contribution in [-0.4, -0.2) is 24.0 Å². The van der Waals surface area contributed by atoms with E-state index >= 15 is 0 Å². The summed E-state index contributed by atoms with van der Waals surface area (Å²) in [6.07, 6.45) is -6.51. The van der Waals surface area contributed by atoms with Gasteiger partial charge in [0.25, 0.3) is 0 Å². The predicted octanol–water partition coefficient (Wildman–Crippen LogP) is 3.54. The van der Waals surface area contributed by atoms with Gasteiger partial charge in [-0.2, -0.15) is 13.2 Å². The summed E-state index contributed by atoms with van der Waals surface area (Å²) in [5, 5.41) is 11.3. The SMILES string of the molecule is CC(C)CSc1cc2c(cc1Cl)C=C(C(=O)[O-])C(C(F)(F)F)O2. The summed E-state index contributed by atoms with van der Waals surface area (Å²) in [5.74, 6) is -0.859. The largest absolute Gasteiger partial charge is 0.545 e. The van der Waals surface area contributed by atoms with Gasteiger partial charge in [-0.1, -0.05) is 25.4 Å². The van der Waals surface area contributed by atoms with Gasteiger partial charge < -0.3 is 14.6 Å². The quantitative estimate of drug-likeness (QED) is 0.766. The molecule has 0 amide bonds. The van der Waals surface area contributed by atoms with E-state index in [1.54, 1.807) is 0 Å². The molecule has 23 heavy (non-hydrogen) atoms. The maximum absolute atomic E-state index is 13.0. The molecule has 8 heteroatoms. The highest BCUT2D eigenvalue weighted by atomic mass is 35.5. The summed E-state index contributed by atoms with van der Waals surface area (Å²) in [4.78, 5) is 11.5. The molecule has 0 radical (unpaired) electrons. The number of hydrogen-bond donors (Lipinski definition) is 0. The van der Waals surface area contributed by atoms with Gasteiger partial charge in [0.1, 0.15) is 5.75 Å². The first-order valence-corrected chi connectivity index (χ1v) is 8.08. The van der Waals surface area contributed by atoms with E-state index in [1.807, 2.05) is 13.8 Å². The molecule has 0 aliphatic carbocycles. The van der Waals surface area contributed by atoms with Crippen molar-refractivity contribution in [2.75, 3.05) is 5.75 Å². The Hall–Kier alpha value is -1.34. The van der Waals surface area contributed by atoms with Gasteiger partial charge in [-0.15, -0.1) is 11.8 Å². The van der Waals surface area contributed by atoms with E-state index in [0.717, 1.165) is 11.8 Å². The molecule has 0 fully saturated rings. The van der Waals surface area contributed by atoms with E-state index in [9.17, 15) is 23.1 Å². The van der Waals surface area contributed by atoms with Crippen LogP contribution in [0.3, 0.4) is 0 Å². The number of aliphatic carboxylic acids is 1. The highest BCUT2D eigenvalue weighted by molar-refractivity contribution is 7.99. The normalized spacial score (nSPS) is 17.5. The van der Waals surface area contributed by atoms with Crippen molar-refractivity contribution in [3.63, 3.8) is 0 Å². The second kappa shape index (κ2) is 6.65. The number of hydrogen-bond acceptors (Lipinski definition) is 4. The monoisotopic (exact) mass is 365 g/mol. The van der Waals surface area contributed by atoms with Crippen LogP contribution in [0.25, 0.3) is 6.08 Å². The zero-order chi connectivity index (χ0) is 17.4. The van der Waals surface area contributed by atoms with Gasteiger partial charge in [-0.25, -0.2) is 0 Å². The molecule has 0 bridgehead atoms. The van der Waals surface area contributed by atoms with Gasteiger partial charge in [0.2, 0.25) is 6.10 Å². The molecule has 0 N–H and O–H groups in total. The lowest BCUT2D eigenvalue weighted by Gasteiger charge is -2.29. The van der Waals surface area contributed by atoms with Gasteiger partial charge in [-0.3, -0.25) is 0 Å². The minimum atomic E-state index is -4.85. The number of ether oxygens (including phenoxy) is 1. The van der Waals surface area contributed by atoms with Crippen molar-refractivity contribution in [3.8, 4) is 5.75 Å². The summed E-state index contributed by atoms with van der Waals surface area (Å²) in [6.45, 7) is 4.01. The topological polar surface area (TPSA) is 49.4 Å². The molecule has 2 rings (SSSR count). The number of alkyl halides is 3. The summed E-state index contributed by atoms with van der Waals surface area (Å²) < 4.78 is 43.9. The Morgan fingerprint density at radius 2 is 2.09 bits per heavy atom. The van der Waals surface area contributed by atoms with E-state index in [-0.39, 0.29) is 11.3 Å². The fourth-order valence-corrected chi connectivity index (χ4v) is 3.21. The van der Waals surface area contributed by atoms with Crippen LogP contribution >= 0.6 is 23.4 Å². The lowest BCUT2D eigenvalue weighted by Crippen LogP contribution is -2.44. The minimum absolute atomic E-state index is 0.0482. The Bertz CT molecular complexity index is 656. The number of carboxylic acids is 1. The molecule has 1 unspecified atom stereocenters. The van der Waals surface area contributed by atoms with E-state index in [4.69, 9.17) is 16.3 Å². The Morgan fingerprint density at radius 1 is 1.43 bits per heavy atom. The Morgan fingerprint density at radius 3 is 2.61 bits per heavy atom. The molecule has 1 heterocycles. The highest BCUT2D eigenvalue weighted by Gasteiger charge is 2.46. The van der Waals surface area contributed by atoms with Crippen molar-refractivity contribution in [1.82, 2.24) is 0 Å². The predicted molar refractivity (Wildman–Crippen MR) is 80.5 cm³/mol. The molecule has 1 aromatic carbocycles. The van der Waals surface area contributed by atoms with Crippen molar-refractivity contribution >= 4 is 35.4 Å². The van der Waals surface area contributed by atoms with Crippen LogP contribution in [0.2, 0.25) is 5.02 Å². The summed E-state index contributed by atoms with van der Waals surface area (Å²) >= 11 is 7.51.